The molecule has 0 spiro atoms. The van der Waals surface area contributed by atoms with Gasteiger partial charge in [0.25, 0.3) is 0 Å². The van der Waals surface area contributed by atoms with E-state index in [0.29, 0.717) is 0 Å². The van der Waals surface area contributed by atoms with Crippen molar-refractivity contribution < 1.29 is 33.7 Å². The number of carbonyl (C=O) groups excluding carboxylic acids is 1. The molecule has 0 radical (unpaired) electrons. The van der Waals surface area contributed by atoms with Crippen molar-refractivity contribution in [2.24, 2.45) is 0 Å². The summed E-state index contributed by atoms with van der Waals surface area (Å²) in [5, 5.41) is 0. The van der Waals surface area contributed by atoms with E-state index in [4.69, 9.17) is 0 Å². The molecule has 100 valence electrons. The van der Waals surface area contributed by atoms with Crippen LogP contribution in [0.15, 0.2) is 30.3 Å². The largest absolute Gasteiger partial charge is 1.00 e. The smallest absolute Gasteiger partial charge is 0.870 e. The summed E-state index contributed by atoms with van der Waals surface area (Å²) in [5.74, 6) is 0. The molecule has 4 nitrogen and oxygen atoms in total. The Morgan fingerprint density at radius 2 is 1.79 bits per heavy atom. The Bertz CT molecular complexity index is 410. The van der Waals surface area contributed by atoms with Crippen molar-refractivity contribution >= 4 is 17.6 Å². The molecule has 0 aliphatic carbocycles. The summed E-state index contributed by atoms with van der Waals surface area (Å²) < 4.78 is 13.6. The van der Waals surface area contributed by atoms with Gasteiger partial charge in [0, 0.05) is 11.4 Å². The average molecular weight is 274 g/mol. The monoisotopic (exact) mass is 274 g/mol. The van der Waals surface area contributed by atoms with Crippen molar-refractivity contribution in [1.29, 1.82) is 0 Å². The Morgan fingerprint density at radius 1 is 1.26 bits per heavy atom. The van der Waals surface area contributed by atoms with Crippen molar-refractivity contribution in [2.75, 3.05) is 0 Å². The number of nitrogens with zero attached hydrogens (tertiary/aromatic N) is 1. The summed E-state index contributed by atoms with van der Waals surface area (Å²) in [6.45, 7) is 5.72. The maximum Gasteiger partial charge on any atom is 1.00 e. The van der Waals surface area contributed by atoms with Crippen LogP contribution in [-0.2, 0) is 16.2 Å². The molecule has 1 aliphatic heterocycles. The minimum Gasteiger partial charge on any atom is -0.870 e. The van der Waals surface area contributed by atoms with Crippen LogP contribution in [0.2, 0.25) is 0 Å². The van der Waals surface area contributed by atoms with E-state index >= 15 is 0 Å². The van der Waals surface area contributed by atoms with E-state index < -0.39 is 11.4 Å². The molecule has 1 aliphatic rings. The molecule has 0 amide bonds. The second kappa shape index (κ2) is 6.94. The number of hydrogen-bond donors (Lipinski definition) is 0. The Balaban J connectivity index is 0.00000162. The van der Waals surface area contributed by atoms with E-state index in [1.807, 2.05) is 57.4 Å². The fourth-order valence-electron chi connectivity index (χ4n) is 1.83. The minimum absolute atomic E-state index is 0. The molecule has 19 heavy (non-hydrogen) atoms. The van der Waals surface area contributed by atoms with Gasteiger partial charge in [0.1, 0.15) is 4.75 Å². The maximum atomic E-state index is 12.2. The van der Waals surface area contributed by atoms with Crippen LogP contribution in [-0.4, -0.2) is 31.4 Å². The predicted molar refractivity (Wildman–Crippen MR) is 70.3 cm³/mol. The molecule has 1 fully saturated rings. The van der Waals surface area contributed by atoms with Crippen LogP contribution >= 0.6 is 0 Å². The fourth-order valence-corrected chi connectivity index (χ4v) is 3.22. The molecular formula is C13H17LiNO3S-. The Hall–Kier alpha value is -0.283. The van der Waals surface area contributed by atoms with Gasteiger partial charge < -0.3 is 14.8 Å². The summed E-state index contributed by atoms with van der Waals surface area (Å²) in [5.41, 5.74) is 1.03. The van der Waals surface area contributed by atoms with E-state index in [0.717, 1.165) is 5.56 Å². The summed E-state index contributed by atoms with van der Waals surface area (Å²) >= 11 is -1.17. The van der Waals surface area contributed by atoms with Crippen molar-refractivity contribution in [3.63, 3.8) is 0 Å². The molecule has 2 rings (SSSR count). The summed E-state index contributed by atoms with van der Waals surface area (Å²) in [6.07, 6.45) is 1.97. The quantitative estimate of drug-likeness (QED) is 0.301. The fraction of sp³-hybridized carbons (Fsp3) is 0.462. The second-order valence-corrected chi connectivity index (χ2v) is 7.28. The second-order valence-electron chi connectivity index (χ2n) is 5.14. The zero-order valence-electron chi connectivity index (χ0n) is 11.7. The van der Waals surface area contributed by atoms with Crippen LogP contribution < -0.4 is 18.9 Å². The van der Waals surface area contributed by atoms with Gasteiger partial charge in [0.05, 0.1) is 6.04 Å². The zero-order valence-corrected chi connectivity index (χ0v) is 12.5. The third kappa shape index (κ3) is 3.85. The van der Waals surface area contributed by atoms with E-state index in [-0.39, 0.29) is 41.2 Å². The van der Waals surface area contributed by atoms with Crippen LogP contribution in [0.5, 0.6) is 0 Å². The van der Waals surface area contributed by atoms with Gasteiger partial charge >= 0.3 is 18.9 Å². The molecule has 6 heteroatoms. The van der Waals surface area contributed by atoms with Crippen LogP contribution in [0.25, 0.3) is 0 Å². The van der Waals surface area contributed by atoms with E-state index in [1.165, 1.54) is 0 Å². The molecule has 0 bridgehead atoms. The summed E-state index contributed by atoms with van der Waals surface area (Å²) in [6, 6.07) is 9.24. The Labute approximate surface area is 129 Å². The standard InChI is InChI=1S/C13H16NO2S.Li.H2O/c1-13(2,3)17(16)14-11(9-15)12(14)10-7-5-4-6-8-10;;/h4-8,11-12H,1-3H3;;1H2/q-1;+1;/p-1/t11-,12+,14?,17?;;/m1../s1. The topological polar surface area (TPSA) is 73.1 Å². The van der Waals surface area contributed by atoms with E-state index in [2.05, 4.69) is 0 Å². The molecule has 1 saturated heterocycles. The van der Waals surface area contributed by atoms with Crippen molar-refractivity contribution in [2.45, 2.75) is 37.6 Å². The molecule has 2 unspecified atom stereocenters. The van der Waals surface area contributed by atoms with E-state index in [9.17, 15) is 9.35 Å². The number of benzene rings is 1. The minimum atomic E-state index is -1.17. The third-order valence-corrected chi connectivity index (χ3v) is 4.62. The summed E-state index contributed by atoms with van der Waals surface area (Å²) in [4.78, 5) is 10.9. The summed E-state index contributed by atoms with van der Waals surface area (Å²) in [7, 11) is 0. The van der Waals surface area contributed by atoms with Crippen LogP contribution in [0.4, 0.5) is 0 Å². The van der Waals surface area contributed by atoms with Gasteiger partial charge in [0.2, 0.25) is 0 Å². The van der Waals surface area contributed by atoms with Crippen molar-refractivity contribution in [3.8, 4) is 0 Å². The normalized spacial score (nSPS) is 26.6. The molecule has 1 aromatic rings. The van der Waals surface area contributed by atoms with Gasteiger partial charge in [0.15, 0.2) is 0 Å². The molecule has 1 N–H and O–H groups in total. The predicted octanol–water partition coefficient (Wildman–Crippen LogP) is -1.19. The van der Waals surface area contributed by atoms with Gasteiger partial charge in [-0.3, -0.25) is 0 Å². The van der Waals surface area contributed by atoms with Crippen LogP contribution in [0, 0.1) is 0 Å². The molecule has 0 aromatic heterocycles. The van der Waals surface area contributed by atoms with Gasteiger partial charge in [-0.15, -0.1) is 4.31 Å². The molecule has 1 heterocycles. The van der Waals surface area contributed by atoms with E-state index in [1.54, 1.807) is 4.31 Å². The molecule has 0 saturated carbocycles. The first-order valence-corrected chi connectivity index (χ1v) is 6.70. The first-order valence-electron chi connectivity index (χ1n) is 5.60. The van der Waals surface area contributed by atoms with Gasteiger partial charge in [-0.05, 0) is 32.4 Å². The maximum absolute atomic E-state index is 12.2. The molecular weight excluding hydrogens is 257 g/mol. The van der Waals surface area contributed by atoms with Crippen molar-refractivity contribution in [3.05, 3.63) is 35.9 Å². The van der Waals surface area contributed by atoms with Gasteiger partial charge in [-0.1, -0.05) is 30.3 Å². The van der Waals surface area contributed by atoms with Crippen LogP contribution in [0.3, 0.4) is 0 Å². The molecule has 1 aromatic carbocycles. The van der Waals surface area contributed by atoms with Gasteiger partial charge in [-0.25, -0.2) is 6.29 Å². The van der Waals surface area contributed by atoms with Gasteiger partial charge in [-0.2, -0.15) is 0 Å². The first-order chi connectivity index (χ1) is 7.96. The Kier molecular flexibility index (Phi) is 6.83. The third-order valence-electron chi connectivity index (χ3n) is 2.73. The molecule has 4 atom stereocenters. The number of rotatable bonds is 3. The average Bonchev–Trinajstić information content (AvgIpc) is 3.02. The Morgan fingerprint density at radius 3 is 2.21 bits per heavy atom. The SMILES string of the molecule is CC(C)(C)[S+]([O-])N1[C@H]([C-]=O)[C@@H]1c1ccccc1.[Li+].[OH-]. The first kappa shape index (κ1) is 18.7. The number of hydrogen-bond acceptors (Lipinski definition) is 4. The van der Waals surface area contributed by atoms with Crippen molar-refractivity contribution in [1.82, 2.24) is 4.31 Å². The van der Waals surface area contributed by atoms with Crippen LogP contribution in [0.1, 0.15) is 32.4 Å². The zero-order chi connectivity index (χ0) is 12.6.